The lowest BCUT2D eigenvalue weighted by Crippen LogP contribution is -2.30. The highest BCUT2D eigenvalue weighted by atomic mass is 28.2. The first-order valence-corrected chi connectivity index (χ1v) is 7.96. The van der Waals surface area contributed by atoms with Gasteiger partial charge in [-0.05, 0) is 52.7 Å². The minimum Gasteiger partial charge on any atom is -0.303 e. The van der Waals surface area contributed by atoms with Gasteiger partial charge in [-0.3, -0.25) is 0 Å². The average molecular weight is 211 g/mol. The quantitative estimate of drug-likeness (QED) is 0.498. The Balaban J connectivity index is 1.95. The van der Waals surface area contributed by atoms with Crippen molar-refractivity contribution in [3.63, 3.8) is 0 Å². The lowest BCUT2D eigenvalue weighted by molar-refractivity contribution is 0.229. The number of likely N-dealkylation sites (tertiary alicyclic amines) is 1. The van der Waals surface area contributed by atoms with E-state index in [1.165, 1.54) is 56.9 Å². The Hall–Kier alpha value is -0.0831. The van der Waals surface area contributed by atoms with Gasteiger partial charge in [-0.15, -0.1) is 5.70 Å². The molecule has 1 aliphatic heterocycles. The molecule has 0 aromatic heterocycles. The largest absolute Gasteiger partial charge is 0.303 e. The zero-order chi connectivity index (χ0) is 10.2. The van der Waals surface area contributed by atoms with Crippen molar-refractivity contribution in [2.75, 3.05) is 19.6 Å². The topological polar surface area (TPSA) is 3.24 Å². The molecule has 0 bridgehead atoms. The lowest BCUT2D eigenvalue weighted by Gasteiger charge is -2.26. The van der Waals surface area contributed by atoms with Gasteiger partial charge in [0.2, 0.25) is 0 Å². The van der Waals surface area contributed by atoms with Crippen molar-refractivity contribution in [2.24, 2.45) is 0 Å². The highest BCUT2D eigenvalue weighted by Crippen LogP contribution is 2.09. The fraction of sp³-hybridized carbons (Fsp3) is 0.833. The molecule has 14 heavy (non-hydrogen) atoms. The van der Waals surface area contributed by atoms with Crippen LogP contribution < -0.4 is 0 Å². The molecule has 2 heteroatoms. The number of allylic oxidation sites excluding steroid dienone is 1. The van der Waals surface area contributed by atoms with Crippen LogP contribution in [0, 0.1) is 0 Å². The molecule has 1 saturated heterocycles. The van der Waals surface area contributed by atoms with E-state index in [2.05, 4.69) is 24.4 Å². The Labute approximate surface area is 91.4 Å². The van der Waals surface area contributed by atoms with E-state index in [1.54, 1.807) is 0 Å². The smallest absolute Gasteiger partial charge is 0.0453 e. The van der Waals surface area contributed by atoms with Gasteiger partial charge in [-0.25, -0.2) is 0 Å². The summed E-state index contributed by atoms with van der Waals surface area (Å²) >= 11 is 0. The number of hydrogen-bond donors (Lipinski definition) is 0. The van der Waals surface area contributed by atoms with Gasteiger partial charge >= 0.3 is 0 Å². The molecule has 1 aliphatic rings. The van der Waals surface area contributed by atoms with Crippen LogP contribution in [-0.2, 0) is 0 Å². The van der Waals surface area contributed by atoms with E-state index in [1.807, 2.05) is 0 Å². The standard InChI is InChI=1S/C12H25NSi/c1-12(2)11-14-10-6-9-13-7-4-3-5-8-13/h11H,3-10,14H2,1-2H3. The molecule has 1 heterocycles. The zero-order valence-electron chi connectivity index (χ0n) is 9.89. The van der Waals surface area contributed by atoms with Gasteiger partial charge < -0.3 is 4.90 Å². The van der Waals surface area contributed by atoms with E-state index < -0.39 is 0 Å². The maximum Gasteiger partial charge on any atom is 0.0453 e. The number of hydrogen-bond acceptors (Lipinski definition) is 1. The first-order chi connectivity index (χ1) is 6.79. The average Bonchev–Trinajstić information content (AvgIpc) is 2.18. The van der Waals surface area contributed by atoms with Gasteiger partial charge in [0.15, 0.2) is 0 Å². The molecule has 0 aliphatic carbocycles. The predicted molar refractivity (Wildman–Crippen MR) is 67.7 cm³/mol. The molecule has 0 unspecified atom stereocenters. The van der Waals surface area contributed by atoms with Crippen molar-refractivity contribution in [3.8, 4) is 0 Å². The Morgan fingerprint density at radius 3 is 2.57 bits per heavy atom. The Bertz CT molecular complexity index is 167. The molecule has 1 rings (SSSR count). The summed E-state index contributed by atoms with van der Waals surface area (Å²) in [4.78, 5) is 2.65. The Kier molecular flexibility index (Phi) is 6.20. The van der Waals surface area contributed by atoms with Crippen molar-refractivity contribution < 1.29 is 0 Å². The highest BCUT2D eigenvalue weighted by Gasteiger charge is 2.08. The summed E-state index contributed by atoms with van der Waals surface area (Å²) in [5.41, 5.74) is 4.02. The molecule has 0 aromatic carbocycles. The van der Waals surface area contributed by atoms with Gasteiger partial charge in [-0.1, -0.05) is 18.0 Å². The number of piperidine rings is 1. The van der Waals surface area contributed by atoms with Crippen molar-refractivity contribution in [1.29, 1.82) is 0 Å². The molecule has 0 aromatic rings. The lowest BCUT2D eigenvalue weighted by atomic mass is 10.1. The normalized spacial score (nSPS) is 19.0. The molecule has 0 saturated carbocycles. The Morgan fingerprint density at radius 2 is 1.93 bits per heavy atom. The summed E-state index contributed by atoms with van der Waals surface area (Å²) in [5.74, 6) is 0. The van der Waals surface area contributed by atoms with Crippen LogP contribution in [0.4, 0.5) is 0 Å². The second kappa shape index (κ2) is 7.24. The summed E-state index contributed by atoms with van der Waals surface area (Å²) in [6.07, 6.45) is 5.77. The van der Waals surface area contributed by atoms with Crippen molar-refractivity contribution in [2.45, 2.75) is 45.6 Å². The van der Waals surface area contributed by atoms with Crippen LogP contribution in [0.5, 0.6) is 0 Å². The molecule has 82 valence electrons. The molecular formula is C12H25NSi. The Morgan fingerprint density at radius 1 is 1.21 bits per heavy atom. The van der Waals surface area contributed by atoms with Crippen LogP contribution in [0.1, 0.15) is 39.5 Å². The molecule has 0 N–H and O–H groups in total. The highest BCUT2D eigenvalue weighted by molar-refractivity contribution is 6.42. The van der Waals surface area contributed by atoms with E-state index in [9.17, 15) is 0 Å². The fourth-order valence-corrected chi connectivity index (χ4v) is 3.35. The summed E-state index contributed by atoms with van der Waals surface area (Å²) in [5, 5.41) is 0. The predicted octanol–water partition coefficient (Wildman–Crippen LogP) is 2.37. The molecule has 0 radical (unpaired) electrons. The van der Waals surface area contributed by atoms with Crippen LogP contribution in [0.2, 0.25) is 6.04 Å². The number of rotatable bonds is 5. The monoisotopic (exact) mass is 211 g/mol. The SMILES string of the molecule is CC(C)=C[SiH2]CCCN1CCCCC1. The minimum absolute atomic E-state index is 0.129. The van der Waals surface area contributed by atoms with E-state index in [-0.39, 0.29) is 9.52 Å². The molecule has 0 atom stereocenters. The summed E-state index contributed by atoms with van der Waals surface area (Å²) < 4.78 is 0. The van der Waals surface area contributed by atoms with E-state index in [0.29, 0.717) is 0 Å². The van der Waals surface area contributed by atoms with Crippen LogP contribution in [0.25, 0.3) is 0 Å². The van der Waals surface area contributed by atoms with Crippen LogP contribution in [0.3, 0.4) is 0 Å². The first-order valence-electron chi connectivity index (χ1n) is 6.15. The second-order valence-corrected chi connectivity index (χ2v) is 6.37. The van der Waals surface area contributed by atoms with Gasteiger partial charge in [0.1, 0.15) is 0 Å². The minimum atomic E-state index is 0.129. The maximum atomic E-state index is 2.65. The third kappa shape index (κ3) is 5.61. The van der Waals surface area contributed by atoms with Crippen LogP contribution in [0.15, 0.2) is 11.3 Å². The number of nitrogens with zero attached hydrogens (tertiary/aromatic N) is 1. The molecule has 0 spiro atoms. The van der Waals surface area contributed by atoms with E-state index in [4.69, 9.17) is 0 Å². The first kappa shape index (κ1) is 12.0. The summed E-state index contributed by atoms with van der Waals surface area (Å²) in [7, 11) is 0.129. The van der Waals surface area contributed by atoms with E-state index in [0.717, 1.165) is 0 Å². The van der Waals surface area contributed by atoms with Gasteiger partial charge in [-0.2, -0.15) is 0 Å². The fourth-order valence-electron chi connectivity index (χ4n) is 2.05. The summed E-state index contributed by atoms with van der Waals surface area (Å²) in [6.45, 7) is 8.53. The molecule has 1 fully saturated rings. The molecular weight excluding hydrogens is 186 g/mol. The van der Waals surface area contributed by atoms with Gasteiger partial charge in [0.25, 0.3) is 0 Å². The molecule has 0 amide bonds. The molecule has 1 nitrogen and oxygen atoms in total. The second-order valence-electron chi connectivity index (χ2n) is 4.68. The van der Waals surface area contributed by atoms with Crippen molar-refractivity contribution in [3.05, 3.63) is 11.3 Å². The zero-order valence-corrected chi connectivity index (χ0v) is 11.3. The third-order valence-electron chi connectivity index (χ3n) is 2.93. The van der Waals surface area contributed by atoms with E-state index >= 15 is 0 Å². The maximum absolute atomic E-state index is 2.65. The van der Waals surface area contributed by atoms with Crippen LogP contribution in [-0.4, -0.2) is 34.1 Å². The summed E-state index contributed by atoms with van der Waals surface area (Å²) in [6, 6.07) is 1.50. The van der Waals surface area contributed by atoms with Crippen molar-refractivity contribution >= 4 is 9.52 Å². The van der Waals surface area contributed by atoms with Gasteiger partial charge in [0.05, 0.1) is 0 Å². The third-order valence-corrected chi connectivity index (χ3v) is 4.94. The van der Waals surface area contributed by atoms with Crippen molar-refractivity contribution in [1.82, 2.24) is 4.90 Å². The van der Waals surface area contributed by atoms with Gasteiger partial charge in [0, 0.05) is 9.52 Å². The van der Waals surface area contributed by atoms with Crippen LogP contribution >= 0.6 is 0 Å².